The maximum absolute atomic E-state index is 13.5. The first-order chi connectivity index (χ1) is 14.9. The summed E-state index contributed by atoms with van der Waals surface area (Å²) in [4.78, 5) is 31.0. The van der Waals surface area contributed by atoms with E-state index in [2.05, 4.69) is 20.5 Å². The minimum absolute atomic E-state index is 0.000558. The molecule has 0 unspecified atom stereocenters. The first kappa shape index (κ1) is 19.3. The number of carbonyl (C=O) groups is 2. The molecule has 156 valence electrons. The molecule has 2 aromatic carbocycles. The van der Waals surface area contributed by atoms with Crippen LogP contribution < -0.4 is 4.90 Å². The van der Waals surface area contributed by atoms with Crippen LogP contribution in [0.2, 0.25) is 5.02 Å². The molecule has 11 heteroatoms. The first-order valence-corrected chi connectivity index (χ1v) is 9.70. The Hall–Kier alpha value is -3.66. The van der Waals surface area contributed by atoms with Crippen molar-refractivity contribution in [2.24, 2.45) is 10.3 Å². The maximum atomic E-state index is 13.5. The van der Waals surface area contributed by atoms with Crippen molar-refractivity contribution in [1.82, 2.24) is 15.1 Å². The average molecular weight is 441 g/mol. The van der Waals surface area contributed by atoms with E-state index in [1.807, 2.05) is 31.2 Å². The molecule has 3 aromatic rings. The Kier molecular flexibility index (Phi) is 4.51. The first-order valence-electron chi connectivity index (χ1n) is 9.32. The number of amides is 2. The molecular formula is C20H14ClFN6O3. The molecule has 0 aliphatic carbocycles. The highest BCUT2D eigenvalue weighted by Crippen LogP contribution is 2.34. The standard InChI is InChI=1S/C20H14ClFN6O3/c1-10-2-4-11(5-3-10)18-23-15(31-25-18)9-27-17-16(24-26-27)19(29)28(20(17)30)12-6-7-14(22)13(21)8-12/h2-8,16-17H,9H2,1H3/t16-,17+/m0/s1. The number of carbonyl (C=O) groups excluding carboxylic acids is 2. The summed E-state index contributed by atoms with van der Waals surface area (Å²) < 4.78 is 18.8. The molecule has 2 amide bonds. The Morgan fingerprint density at radius 1 is 1.13 bits per heavy atom. The van der Waals surface area contributed by atoms with Gasteiger partial charge < -0.3 is 4.52 Å². The second-order valence-corrected chi connectivity index (χ2v) is 7.59. The molecule has 0 saturated carbocycles. The number of hydrogen-bond donors (Lipinski definition) is 0. The van der Waals surface area contributed by atoms with Crippen LogP contribution in [-0.4, -0.2) is 39.0 Å². The van der Waals surface area contributed by atoms with E-state index >= 15 is 0 Å². The third-order valence-corrected chi connectivity index (χ3v) is 5.38. The maximum Gasteiger partial charge on any atom is 0.263 e. The average Bonchev–Trinajstić information content (AvgIpc) is 3.44. The normalized spacial score (nSPS) is 20.1. The van der Waals surface area contributed by atoms with Crippen molar-refractivity contribution >= 4 is 29.1 Å². The molecule has 0 N–H and O–H groups in total. The lowest BCUT2D eigenvalue weighted by Crippen LogP contribution is -2.39. The van der Waals surface area contributed by atoms with Crippen molar-refractivity contribution in [3.8, 4) is 11.4 Å². The summed E-state index contributed by atoms with van der Waals surface area (Å²) in [6, 6.07) is 9.29. The lowest BCUT2D eigenvalue weighted by Gasteiger charge is -2.19. The zero-order valence-electron chi connectivity index (χ0n) is 16.1. The molecule has 1 fully saturated rings. The number of halogens is 2. The van der Waals surface area contributed by atoms with Crippen molar-refractivity contribution in [1.29, 1.82) is 0 Å². The molecule has 0 radical (unpaired) electrons. The van der Waals surface area contributed by atoms with Gasteiger partial charge in [-0.25, -0.2) is 9.29 Å². The van der Waals surface area contributed by atoms with Gasteiger partial charge in [0.25, 0.3) is 11.8 Å². The molecule has 1 aromatic heterocycles. The van der Waals surface area contributed by atoms with E-state index in [4.69, 9.17) is 16.1 Å². The Morgan fingerprint density at radius 3 is 2.65 bits per heavy atom. The number of rotatable bonds is 4. The van der Waals surface area contributed by atoms with E-state index in [9.17, 15) is 14.0 Å². The number of fused-ring (bicyclic) bond motifs is 1. The van der Waals surface area contributed by atoms with Crippen molar-refractivity contribution in [2.75, 3.05) is 4.90 Å². The number of aryl methyl sites for hydroxylation is 1. The quantitative estimate of drug-likeness (QED) is 0.576. The number of benzene rings is 2. The predicted octanol–water partition coefficient (Wildman–Crippen LogP) is 3.33. The van der Waals surface area contributed by atoms with Gasteiger partial charge >= 0.3 is 0 Å². The minimum Gasteiger partial charge on any atom is -0.337 e. The van der Waals surface area contributed by atoms with Crippen molar-refractivity contribution in [3.63, 3.8) is 0 Å². The number of aromatic nitrogens is 2. The van der Waals surface area contributed by atoms with Gasteiger partial charge in [0.2, 0.25) is 11.7 Å². The summed E-state index contributed by atoms with van der Waals surface area (Å²) in [5.41, 5.74) is 2.06. The molecule has 1 saturated heterocycles. The topological polar surface area (TPSA) is 104 Å². The second-order valence-electron chi connectivity index (χ2n) is 7.18. The van der Waals surface area contributed by atoms with Crippen LogP contribution >= 0.6 is 11.6 Å². The summed E-state index contributed by atoms with van der Waals surface area (Å²) in [6.45, 7) is 1.98. The largest absolute Gasteiger partial charge is 0.337 e. The lowest BCUT2D eigenvalue weighted by molar-refractivity contribution is -0.123. The fraction of sp³-hybridized carbons (Fsp3) is 0.200. The van der Waals surface area contributed by atoms with Crippen LogP contribution in [0.3, 0.4) is 0 Å². The zero-order chi connectivity index (χ0) is 21.7. The molecular weight excluding hydrogens is 427 g/mol. The molecule has 2 aliphatic rings. The Morgan fingerprint density at radius 2 is 1.90 bits per heavy atom. The Bertz CT molecular complexity index is 1230. The van der Waals surface area contributed by atoms with Gasteiger partial charge in [-0.15, -0.1) is 0 Å². The SMILES string of the molecule is Cc1ccc(-c2noc(CN3N=N[C@@H]4C(=O)N(c5ccc(F)c(Cl)c5)C(=O)[C@@H]43)n2)cc1. The van der Waals surface area contributed by atoms with Gasteiger partial charge in [0.1, 0.15) is 12.4 Å². The smallest absolute Gasteiger partial charge is 0.263 e. The summed E-state index contributed by atoms with van der Waals surface area (Å²) in [7, 11) is 0. The van der Waals surface area contributed by atoms with Gasteiger partial charge in [-0.3, -0.25) is 14.6 Å². The minimum atomic E-state index is -1.00. The van der Waals surface area contributed by atoms with E-state index in [-0.39, 0.29) is 23.1 Å². The summed E-state index contributed by atoms with van der Waals surface area (Å²) >= 11 is 5.80. The highest BCUT2D eigenvalue weighted by atomic mass is 35.5. The monoisotopic (exact) mass is 440 g/mol. The highest BCUT2D eigenvalue weighted by molar-refractivity contribution is 6.32. The molecule has 0 bridgehead atoms. The van der Waals surface area contributed by atoms with Crippen molar-refractivity contribution in [2.45, 2.75) is 25.6 Å². The van der Waals surface area contributed by atoms with Gasteiger partial charge in [0.15, 0.2) is 12.1 Å². The molecule has 0 spiro atoms. The van der Waals surface area contributed by atoms with Gasteiger partial charge in [-0.2, -0.15) is 10.1 Å². The zero-order valence-corrected chi connectivity index (χ0v) is 16.8. The van der Waals surface area contributed by atoms with Gasteiger partial charge in [-0.1, -0.05) is 51.8 Å². The Labute approximate surface area is 180 Å². The number of nitrogens with zero attached hydrogens (tertiary/aromatic N) is 6. The van der Waals surface area contributed by atoms with Gasteiger partial charge in [0.05, 0.1) is 10.7 Å². The molecule has 31 heavy (non-hydrogen) atoms. The molecule has 2 atom stereocenters. The highest BCUT2D eigenvalue weighted by Gasteiger charge is 2.55. The predicted molar refractivity (Wildman–Crippen MR) is 106 cm³/mol. The van der Waals surface area contributed by atoms with E-state index < -0.39 is 29.7 Å². The molecule has 3 heterocycles. The molecule has 5 rings (SSSR count). The van der Waals surface area contributed by atoms with E-state index in [1.54, 1.807) is 0 Å². The van der Waals surface area contributed by atoms with Crippen LogP contribution in [0, 0.1) is 12.7 Å². The number of anilines is 1. The van der Waals surface area contributed by atoms with E-state index in [0.717, 1.165) is 22.1 Å². The summed E-state index contributed by atoms with van der Waals surface area (Å²) in [5.74, 6) is -1.12. The van der Waals surface area contributed by atoms with Gasteiger partial charge in [0, 0.05) is 5.56 Å². The fourth-order valence-corrected chi connectivity index (χ4v) is 3.68. The van der Waals surface area contributed by atoms with Crippen LogP contribution in [0.15, 0.2) is 57.3 Å². The number of hydrogen-bond acceptors (Lipinski definition) is 8. The summed E-state index contributed by atoms with van der Waals surface area (Å²) in [5, 5.41) is 13.0. The summed E-state index contributed by atoms with van der Waals surface area (Å²) in [6.07, 6.45) is 0. The van der Waals surface area contributed by atoms with Gasteiger partial charge in [-0.05, 0) is 25.1 Å². The van der Waals surface area contributed by atoms with Crippen LogP contribution in [0.4, 0.5) is 10.1 Å². The van der Waals surface area contributed by atoms with Crippen LogP contribution in [0.1, 0.15) is 11.5 Å². The van der Waals surface area contributed by atoms with Crippen molar-refractivity contribution < 1.29 is 18.5 Å². The lowest BCUT2D eigenvalue weighted by atomic mass is 10.1. The number of imide groups is 1. The molecule has 2 aliphatic heterocycles. The van der Waals surface area contributed by atoms with Crippen LogP contribution in [-0.2, 0) is 16.1 Å². The van der Waals surface area contributed by atoms with Crippen molar-refractivity contribution in [3.05, 3.63) is 64.8 Å². The van der Waals surface area contributed by atoms with Crippen LogP contribution in [0.5, 0.6) is 0 Å². The third-order valence-electron chi connectivity index (χ3n) is 5.09. The van der Waals surface area contributed by atoms with E-state index in [0.29, 0.717) is 5.82 Å². The fourth-order valence-electron chi connectivity index (χ4n) is 3.51. The molecule has 9 nitrogen and oxygen atoms in total. The third kappa shape index (κ3) is 3.25. The Balaban J connectivity index is 1.36. The van der Waals surface area contributed by atoms with E-state index in [1.165, 1.54) is 17.1 Å². The van der Waals surface area contributed by atoms with Crippen LogP contribution in [0.25, 0.3) is 11.4 Å². The second kappa shape index (κ2) is 7.24.